The second-order valence-electron chi connectivity index (χ2n) is 3.89. The van der Waals surface area contributed by atoms with Gasteiger partial charge in [0, 0.05) is 11.6 Å². The Bertz CT molecular complexity index is 328. The molecule has 1 rings (SSSR count). The zero-order chi connectivity index (χ0) is 12.0. The van der Waals surface area contributed by atoms with Gasteiger partial charge in [-0.15, -0.1) is 0 Å². The number of rotatable bonds is 6. The van der Waals surface area contributed by atoms with Crippen LogP contribution in [0.15, 0.2) is 18.2 Å². The van der Waals surface area contributed by atoms with Gasteiger partial charge in [-0.1, -0.05) is 19.4 Å². The van der Waals surface area contributed by atoms with Crippen LogP contribution in [0.4, 0.5) is 4.39 Å². The van der Waals surface area contributed by atoms with Gasteiger partial charge in [0.05, 0.1) is 7.11 Å². The number of halogens is 1. The van der Waals surface area contributed by atoms with Crippen molar-refractivity contribution in [3.05, 3.63) is 29.6 Å². The van der Waals surface area contributed by atoms with Crippen LogP contribution in [-0.4, -0.2) is 13.7 Å². The molecule has 0 aromatic heterocycles. The number of unbranched alkanes of at least 4 members (excludes halogenated alkanes) is 1. The Morgan fingerprint density at radius 2 is 2.19 bits per heavy atom. The van der Waals surface area contributed by atoms with Crippen LogP contribution in [0, 0.1) is 5.82 Å². The topological polar surface area (TPSA) is 21.3 Å². The summed E-state index contributed by atoms with van der Waals surface area (Å²) >= 11 is 0. The Balaban J connectivity index is 2.76. The molecule has 0 spiro atoms. The van der Waals surface area contributed by atoms with Crippen molar-refractivity contribution in [2.24, 2.45) is 0 Å². The summed E-state index contributed by atoms with van der Waals surface area (Å²) in [5, 5.41) is 3.30. The van der Waals surface area contributed by atoms with E-state index in [1.54, 1.807) is 19.2 Å². The van der Waals surface area contributed by atoms with E-state index in [1.807, 2.05) is 6.92 Å². The number of hydrogen-bond donors (Lipinski definition) is 1. The van der Waals surface area contributed by atoms with Crippen LogP contribution in [0.5, 0.6) is 5.75 Å². The predicted octanol–water partition coefficient (Wildman–Crippen LogP) is 3.29. The zero-order valence-corrected chi connectivity index (χ0v) is 10.2. The minimum Gasteiger partial charge on any atom is -0.496 e. The van der Waals surface area contributed by atoms with E-state index in [0.717, 1.165) is 19.4 Å². The van der Waals surface area contributed by atoms with Gasteiger partial charge in [0.2, 0.25) is 0 Å². The van der Waals surface area contributed by atoms with Gasteiger partial charge in [-0.25, -0.2) is 4.39 Å². The van der Waals surface area contributed by atoms with Gasteiger partial charge in [-0.05, 0) is 32.0 Å². The molecule has 0 heterocycles. The van der Waals surface area contributed by atoms with E-state index in [4.69, 9.17) is 4.74 Å². The maximum absolute atomic E-state index is 13.7. The largest absolute Gasteiger partial charge is 0.496 e. The Labute approximate surface area is 96.8 Å². The highest BCUT2D eigenvalue weighted by Gasteiger charge is 2.15. The first-order chi connectivity index (χ1) is 7.70. The highest BCUT2D eigenvalue weighted by molar-refractivity contribution is 5.36. The van der Waals surface area contributed by atoms with Crippen LogP contribution >= 0.6 is 0 Å². The minimum atomic E-state index is -0.212. The first-order valence-electron chi connectivity index (χ1n) is 5.76. The van der Waals surface area contributed by atoms with E-state index in [1.165, 1.54) is 6.07 Å². The summed E-state index contributed by atoms with van der Waals surface area (Å²) in [4.78, 5) is 0. The standard InChI is InChI=1S/C13H20FNO/c1-4-5-9-15-10(2)13-11(14)7-6-8-12(13)16-3/h6-8,10,15H,4-5,9H2,1-3H3. The van der Waals surface area contributed by atoms with E-state index in [-0.39, 0.29) is 11.9 Å². The van der Waals surface area contributed by atoms with Crippen LogP contribution in [0.2, 0.25) is 0 Å². The lowest BCUT2D eigenvalue weighted by Gasteiger charge is -2.17. The maximum Gasteiger partial charge on any atom is 0.131 e. The van der Waals surface area contributed by atoms with E-state index in [2.05, 4.69) is 12.2 Å². The summed E-state index contributed by atoms with van der Waals surface area (Å²) in [7, 11) is 1.57. The van der Waals surface area contributed by atoms with Crippen molar-refractivity contribution < 1.29 is 9.13 Å². The molecule has 1 N–H and O–H groups in total. The summed E-state index contributed by atoms with van der Waals surface area (Å²) in [5.74, 6) is 0.396. The lowest BCUT2D eigenvalue weighted by atomic mass is 10.1. The van der Waals surface area contributed by atoms with Gasteiger partial charge in [0.15, 0.2) is 0 Å². The molecule has 3 heteroatoms. The maximum atomic E-state index is 13.7. The number of nitrogens with one attached hydrogen (secondary N) is 1. The van der Waals surface area contributed by atoms with Crippen molar-refractivity contribution in [1.29, 1.82) is 0 Å². The lowest BCUT2D eigenvalue weighted by molar-refractivity contribution is 0.393. The molecular formula is C13H20FNO. The molecule has 0 aliphatic carbocycles. The fourth-order valence-corrected chi connectivity index (χ4v) is 1.71. The van der Waals surface area contributed by atoms with Crippen LogP contribution in [0.3, 0.4) is 0 Å². The monoisotopic (exact) mass is 225 g/mol. The number of hydrogen-bond acceptors (Lipinski definition) is 2. The van der Waals surface area contributed by atoms with Crippen molar-refractivity contribution in [3.63, 3.8) is 0 Å². The fourth-order valence-electron chi connectivity index (χ4n) is 1.71. The van der Waals surface area contributed by atoms with Crippen molar-refractivity contribution in [2.75, 3.05) is 13.7 Å². The van der Waals surface area contributed by atoms with Crippen molar-refractivity contribution in [2.45, 2.75) is 32.7 Å². The summed E-state index contributed by atoms with van der Waals surface area (Å²) in [6.45, 7) is 4.99. The first-order valence-corrected chi connectivity index (χ1v) is 5.76. The molecule has 0 saturated carbocycles. The smallest absolute Gasteiger partial charge is 0.131 e. The lowest BCUT2D eigenvalue weighted by Crippen LogP contribution is -2.21. The van der Waals surface area contributed by atoms with E-state index in [0.29, 0.717) is 11.3 Å². The highest BCUT2D eigenvalue weighted by atomic mass is 19.1. The van der Waals surface area contributed by atoms with Crippen molar-refractivity contribution >= 4 is 0 Å². The molecule has 2 nitrogen and oxygen atoms in total. The second kappa shape index (κ2) is 6.48. The third-order valence-electron chi connectivity index (χ3n) is 2.65. The van der Waals surface area contributed by atoms with Gasteiger partial charge in [0.1, 0.15) is 11.6 Å². The normalized spacial score (nSPS) is 12.5. The molecule has 1 atom stereocenters. The number of ether oxygens (including phenoxy) is 1. The molecule has 0 saturated heterocycles. The SMILES string of the molecule is CCCCNC(C)c1c(F)cccc1OC. The highest BCUT2D eigenvalue weighted by Crippen LogP contribution is 2.27. The van der Waals surface area contributed by atoms with Crippen molar-refractivity contribution in [1.82, 2.24) is 5.32 Å². The van der Waals surface area contributed by atoms with E-state index < -0.39 is 0 Å². The van der Waals surface area contributed by atoms with Crippen LogP contribution < -0.4 is 10.1 Å². The van der Waals surface area contributed by atoms with Gasteiger partial charge >= 0.3 is 0 Å². The molecule has 1 aromatic carbocycles. The molecule has 90 valence electrons. The van der Waals surface area contributed by atoms with Crippen molar-refractivity contribution in [3.8, 4) is 5.75 Å². The van der Waals surface area contributed by atoms with Crippen LogP contribution in [0.25, 0.3) is 0 Å². The molecule has 0 bridgehead atoms. The third-order valence-corrected chi connectivity index (χ3v) is 2.65. The quantitative estimate of drug-likeness (QED) is 0.750. The minimum absolute atomic E-state index is 0.0253. The fraction of sp³-hybridized carbons (Fsp3) is 0.538. The third kappa shape index (κ3) is 3.20. The van der Waals surface area contributed by atoms with Crippen LogP contribution in [-0.2, 0) is 0 Å². The van der Waals surface area contributed by atoms with Gasteiger partial charge in [-0.3, -0.25) is 0 Å². The molecule has 0 amide bonds. The summed E-state index contributed by atoms with van der Waals surface area (Å²) in [6.07, 6.45) is 2.23. The average Bonchev–Trinajstić information content (AvgIpc) is 2.28. The summed E-state index contributed by atoms with van der Waals surface area (Å²) < 4.78 is 18.9. The van der Waals surface area contributed by atoms with E-state index >= 15 is 0 Å². The first kappa shape index (κ1) is 13.0. The molecular weight excluding hydrogens is 205 g/mol. The number of methoxy groups -OCH3 is 1. The Morgan fingerprint density at radius 1 is 1.44 bits per heavy atom. The molecule has 1 unspecified atom stereocenters. The average molecular weight is 225 g/mol. The molecule has 16 heavy (non-hydrogen) atoms. The zero-order valence-electron chi connectivity index (χ0n) is 10.2. The predicted molar refractivity (Wildman–Crippen MR) is 64.3 cm³/mol. The molecule has 0 aliphatic heterocycles. The Kier molecular flexibility index (Phi) is 5.26. The molecule has 0 radical (unpaired) electrons. The van der Waals surface area contributed by atoms with Gasteiger partial charge < -0.3 is 10.1 Å². The second-order valence-corrected chi connectivity index (χ2v) is 3.89. The van der Waals surface area contributed by atoms with Gasteiger partial charge in [-0.2, -0.15) is 0 Å². The molecule has 0 aliphatic rings. The van der Waals surface area contributed by atoms with Gasteiger partial charge in [0.25, 0.3) is 0 Å². The molecule has 1 aromatic rings. The van der Waals surface area contributed by atoms with Crippen LogP contribution in [0.1, 0.15) is 38.3 Å². The summed E-state index contributed by atoms with van der Waals surface area (Å²) in [6, 6.07) is 4.89. The summed E-state index contributed by atoms with van der Waals surface area (Å²) in [5.41, 5.74) is 0.612. The molecule has 0 fully saturated rings. The van der Waals surface area contributed by atoms with E-state index in [9.17, 15) is 4.39 Å². The number of benzene rings is 1. The Hall–Kier alpha value is -1.09. The Morgan fingerprint density at radius 3 is 2.81 bits per heavy atom.